The second-order valence-corrected chi connectivity index (χ2v) is 7.41. The molecule has 0 radical (unpaired) electrons. The Hall–Kier alpha value is -3.85. The topological polar surface area (TPSA) is 123 Å². The predicted molar refractivity (Wildman–Crippen MR) is 113 cm³/mol. The van der Waals surface area contributed by atoms with Crippen molar-refractivity contribution in [3.05, 3.63) is 57.1 Å². The van der Waals surface area contributed by atoms with E-state index in [9.17, 15) is 38.1 Å². The summed E-state index contributed by atoms with van der Waals surface area (Å²) < 4.78 is 49.3. The lowest BCUT2D eigenvalue weighted by Crippen LogP contribution is -2.55. The van der Waals surface area contributed by atoms with Gasteiger partial charge in [0.15, 0.2) is 0 Å². The number of nitro groups is 1. The molecule has 1 atom stereocenters. The summed E-state index contributed by atoms with van der Waals surface area (Å²) in [6, 6.07) is 6.75. The Balaban J connectivity index is 2.55. The van der Waals surface area contributed by atoms with Gasteiger partial charge in [-0.05, 0) is 24.3 Å². The molecule has 2 aromatic rings. The average molecular weight is 500 g/mol. The molecule has 0 saturated carbocycles. The third-order valence-electron chi connectivity index (χ3n) is 4.46. The highest BCUT2D eigenvalue weighted by molar-refractivity contribution is 6.32. The molecule has 2 aromatic carbocycles. The van der Waals surface area contributed by atoms with Crippen LogP contribution in [0.5, 0.6) is 17.2 Å². The van der Waals surface area contributed by atoms with Gasteiger partial charge in [0, 0.05) is 32.6 Å². The number of ketones is 1. The van der Waals surface area contributed by atoms with Crippen molar-refractivity contribution in [2.24, 2.45) is 0 Å². The number of hydrogen-bond acceptors (Lipinski definition) is 7. The van der Waals surface area contributed by atoms with Crippen LogP contribution in [0.4, 0.5) is 18.9 Å². The van der Waals surface area contributed by atoms with E-state index in [1.807, 2.05) is 0 Å². The van der Waals surface area contributed by atoms with Gasteiger partial charge in [-0.1, -0.05) is 18.5 Å². The maximum atomic E-state index is 12.8. The second-order valence-electron chi connectivity index (χ2n) is 7.00. The van der Waals surface area contributed by atoms with Gasteiger partial charge in [-0.2, -0.15) is 18.4 Å². The normalized spacial score (nSPS) is 12.8. The fourth-order valence-electron chi connectivity index (χ4n) is 2.76. The van der Waals surface area contributed by atoms with E-state index in [1.54, 1.807) is 0 Å². The standard InChI is InChI=1S/C21H17ClF3N3O6/c1-4-18(29)20(11-26,19(30)27(2)3)34-17-10-13(6-7-15(17)28(31)32)33-16-8-5-12(9-14(16)22)21(23,24)25/h5-10H,4H2,1-3H3. The first-order valence-electron chi connectivity index (χ1n) is 9.45. The minimum absolute atomic E-state index is 0.185. The van der Waals surface area contributed by atoms with Crippen molar-refractivity contribution >= 4 is 29.0 Å². The van der Waals surface area contributed by atoms with Crippen LogP contribution in [-0.4, -0.2) is 41.2 Å². The molecule has 0 aliphatic rings. The molecule has 13 heteroatoms. The van der Waals surface area contributed by atoms with Gasteiger partial charge in [0.25, 0.3) is 5.91 Å². The number of nitrogens with zero attached hydrogens (tertiary/aromatic N) is 3. The number of Topliss-reactive ketones (excluding diaryl/α,β-unsaturated/α-hetero) is 1. The van der Waals surface area contributed by atoms with E-state index in [2.05, 4.69) is 0 Å². The number of alkyl halides is 3. The second kappa shape index (κ2) is 9.96. The number of amides is 1. The third-order valence-corrected chi connectivity index (χ3v) is 4.75. The summed E-state index contributed by atoms with van der Waals surface area (Å²) >= 11 is 5.87. The van der Waals surface area contributed by atoms with Gasteiger partial charge < -0.3 is 14.4 Å². The first-order valence-corrected chi connectivity index (χ1v) is 9.83. The zero-order valence-electron chi connectivity index (χ0n) is 18.0. The molecular formula is C21H17ClF3N3O6. The zero-order chi connectivity index (χ0) is 25.8. The molecule has 1 unspecified atom stereocenters. The molecule has 0 aliphatic heterocycles. The summed E-state index contributed by atoms with van der Waals surface area (Å²) in [5.74, 6) is -3.05. The Labute approximate surface area is 196 Å². The Morgan fingerprint density at radius 1 is 1.18 bits per heavy atom. The molecule has 0 saturated heterocycles. The molecule has 2 rings (SSSR count). The van der Waals surface area contributed by atoms with Crippen molar-refractivity contribution < 1.29 is 37.2 Å². The van der Waals surface area contributed by atoms with Crippen LogP contribution >= 0.6 is 11.6 Å². The van der Waals surface area contributed by atoms with Gasteiger partial charge in [-0.15, -0.1) is 0 Å². The van der Waals surface area contributed by atoms with Crippen LogP contribution in [0, 0.1) is 21.4 Å². The van der Waals surface area contributed by atoms with Crippen LogP contribution in [0.15, 0.2) is 36.4 Å². The van der Waals surface area contributed by atoms with Crippen molar-refractivity contribution in [2.45, 2.75) is 25.1 Å². The van der Waals surface area contributed by atoms with E-state index in [4.69, 9.17) is 21.1 Å². The van der Waals surface area contributed by atoms with Gasteiger partial charge in [-0.25, -0.2) is 0 Å². The molecular weight excluding hydrogens is 483 g/mol. The highest BCUT2D eigenvalue weighted by Crippen LogP contribution is 2.39. The van der Waals surface area contributed by atoms with Crippen LogP contribution in [0.25, 0.3) is 0 Å². The lowest BCUT2D eigenvalue weighted by molar-refractivity contribution is -0.386. The van der Waals surface area contributed by atoms with Crippen LogP contribution < -0.4 is 9.47 Å². The number of rotatable bonds is 8. The molecule has 1 amide bonds. The number of likely N-dealkylation sites (N-methyl/N-ethyl adjacent to an activating group) is 1. The number of nitriles is 1. The minimum atomic E-state index is -4.64. The third kappa shape index (κ3) is 5.37. The lowest BCUT2D eigenvalue weighted by atomic mass is 9.96. The molecule has 9 nitrogen and oxygen atoms in total. The zero-order valence-corrected chi connectivity index (χ0v) is 18.7. The number of benzene rings is 2. The van der Waals surface area contributed by atoms with Crippen molar-refractivity contribution in [1.82, 2.24) is 4.90 Å². The maximum Gasteiger partial charge on any atom is 0.416 e. The van der Waals surface area contributed by atoms with Gasteiger partial charge >= 0.3 is 17.5 Å². The molecule has 0 bridgehead atoms. The number of carbonyl (C=O) groups excluding carboxylic acids is 2. The molecule has 180 valence electrons. The van der Waals surface area contributed by atoms with Gasteiger partial charge in [-0.3, -0.25) is 19.7 Å². The van der Waals surface area contributed by atoms with Crippen molar-refractivity contribution in [3.63, 3.8) is 0 Å². The Morgan fingerprint density at radius 2 is 1.82 bits per heavy atom. The van der Waals surface area contributed by atoms with E-state index in [1.165, 1.54) is 27.1 Å². The van der Waals surface area contributed by atoms with E-state index < -0.39 is 50.4 Å². The maximum absolute atomic E-state index is 12.8. The fraction of sp³-hybridized carbons (Fsp3) is 0.286. The lowest BCUT2D eigenvalue weighted by Gasteiger charge is -2.27. The van der Waals surface area contributed by atoms with Crippen molar-refractivity contribution in [3.8, 4) is 23.3 Å². The minimum Gasteiger partial charge on any atom is -0.456 e. The molecule has 34 heavy (non-hydrogen) atoms. The summed E-state index contributed by atoms with van der Waals surface area (Å²) in [7, 11) is 2.53. The SMILES string of the molecule is CCC(=O)C(C#N)(Oc1cc(Oc2ccc(C(F)(F)F)cc2Cl)ccc1[N+](=O)[O-])C(=O)N(C)C. The summed E-state index contributed by atoms with van der Waals surface area (Å²) in [5.41, 5.74) is -4.43. The first-order chi connectivity index (χ1) is 15.8. The van der Waals surface area contributed by atoms with Gasteiger partial charge in [0.1, 0.15) is 17.6 Å². The smallest absolute Gasteiger partial charge is 0.416 e. The highest BCUT2D eigenvalue weighted by atomic mass is 35.5. The van der Waals surface area contributed by atoms with Gasteiger partial charge in [0.2, 0.25) is 11.5 Å². The summed E-state index contributed by atoms with van der Waals surface area (Å²) in [6.45, 7) is 1.38. The van der Waals surface area contributed by atoms with Crippen molar-refractivity contribution in [2.75, 3.05) is 14.1 Å². The Morgan fingerprint density at radius 3 is 2.29 bits per heavy atom. The molecule has 0 N–H and O–H groups in total. The highest BCUT2D eigenvalue weighted by Gasteiger charge is 2.50. The molecule has 0 heterocycles. The van der Waals surface area contributed by atoms with Crippen LogP contribution in [0.3, 0.4) is 0 Å². The molecule has 0 aromatic heterocycles. The van der Waals surface area contributed by atoms with Gasteiger partial charge in [0.05, 0.1) is 15.5 Å². The van der Waals surface area contributed by atoms with E-state index >= 15 is 0 Å². The fourth-order valence-corrected chi connectivity index (χ4v) is 2.98. The van der Waals surface area contributed by atoms with Crippen LogP contribution in [0.1, 0.15) is 18.9 Å². The number of hydrogen-bond donors (Lipinski definition) is 0. The largest absolute Gasteiger partial charge is 0.456 e. The number of carbonyl (C=O) groups is 2. The monoisotopic (exact) mass is 499 g/mol. The van der Waals surface area contributed by atoms with Crippen LogP contribution in [0.2, 0.25) is 5.02 Å². The summed E-state index contributed by atoms with van der Waals surface area (Å²) in [4.78, 5) is 36.7. The quantitative estimate of drug-likeness (QED) is 0.291. The van der Waals surface area contributed by atoms with E-state index in [0.29, 0.717) is 6.07 Å². The predicted octanol–water partition coefficient (Wildman–Crippen LogP) is 4.77. The Kier molecular flexibility index (Phi) is 7.74. The Bertz CT molecular complexity index is 1180. The number of nitro benzene ring substituents is 1. The number of halogens is 4. The van der Waals surface area contributed by atoms with Crippen molar-refractivity contribution in [1.29, 1.82) is 5.26 Å². The average Bonchev–Trinajstić information content (AvgIpc) is 2.77. The molecule has 0 aliphatic carbocycles. The summed E-state index contributed by atoms with van der Waals surface area (Å²) in [6.07, 6.45) is -4.93. The van der Waals surface area contributed by atoms with E-state index in [0.717, 1.165) is 35.2 Å². The van der Waals surface area contributed by atoms with E-state index in [-0.39, 0.29) is 17.9 Å². The summed E-state index contributed by atoms with van der Waals surface area (Å²) in [5, 5.41) is 20.8. The first kappa shape index (κ1) is 26.4. The number of ether oxygens (including phenoxy) is 2. The molecule has 0 spiro atoms. The van der Waals surface area contributed by atoms with Crippen LogP contribution in [-0.2, 0) is 15.8 Å². The molecule has 0 fully saturated rings.